The van der Waals surface area contributed by atoms with Gasteiger partial charge in [-0.1, -0.05) is 11.6 Å². The van der Waals surface area contributed by atoms with Crippen LogP contribution in [-0.2, 0) is 14.8 Å². The Kier molecular flexibility index (Phi) is 7.79. The number of anilines is 1. The highest BCUT2D eigenvalue weighted by Crippen LogP contribution is 2.25. The molecule has 0 radical (unpaired) electrons. The molecule has 8 nitrogen and oxygen atoms in total. The van der Waals surface area contributed by atoms with Gasteiger partial charge in [0, 0.05) is 30.3 Å². The molecule has 0 saturated carbocycles. The Balaban J connectivity index is 1.75. The van der Waals surface area contributed by atoms with E-state index in [0.717, 1.165) is 0 Å². The molecule has 1 fully saturated rings. The van der Waals surface area contributed by atoms with Crippen molar-refractivity contribution in [1.82, 2.24) is 9.62 Å². The zero-order chi connectivity index (χ0) is 24.3. The van der Waals surface area contributed by atoms with Crippen molar-refractivity contribution < 1.29 is 22.7 Å². The molecule has 2 N–H and O–H groups in total. The Labute approximate surface area is 199 Å². The topological polar surface area (TPSA) is 105 Å². The lowest BCUT2D eigenvalue weighted by molar-refractivity contribution is -0.0440. The molecule has 2 aromatic rings. The van der Waals surface area contributed by atoms with E-state index in [2.05, 4.69) is 10.6 Å². The Morgan fingerprint density at radius 3 is 2.15 bits per heavy atom. The van der Waals surface area contributed by atoms with Crippen LogP contribution in [-0.4, -0.2) is 55.9 Å². The van der Waals surface area contributed by atoms with Crippen molar-refractivity contribution in [3.05, 3.63) is 58.6 Å². The largest absolute Gasteiger partial charge is 0.373 e. The summed E-state index contributed by atoms with van der Waals surface area (Å²) in [6, 6.07) is 10.3. The van der Waals surface area contributed by atoms with E-state index in [0.29, 0.717) is 5.56 Å². The van der Waals surface area contributed by atoms with Crippen molar-refractivity contribution in [3.8, 4) is 0 Å². The molecular weight excluding hydrogens is 466 g/mol. The van der Waals surface area contributed by atoms with Gasteiger partial charge in [0.2, 0.25) is 10.0 Å². The van der Waals surface area contributed by atoms with E-state index in [-0.39, 0.29) is 58.4 Å². The molecular formula is C23H28ClN3O5S. The molecule has 1 saturated heterocycles. The molecule has 1 aliphatic heterocycles. The fraction of sp³-hybridized carbons (Fsp3) is 0.391. The smallest absolute Gasteiger partial charge is 0.255 e. The van der Waals surface area contributed by atoms with Crippen LogP contribution >= 0.6 is 11.6 Å². The van der Waals surface area contributed by atoms with Gasteiger partial charge in [0.05, 0.1) is 27.8 Å². The third kappa shape index (κ3) is 6.11. The van der Waals surface area contributed by atoms with E-state index in [9.17, 15) is 18.0 Å². The van der Waals surface area contributed by atoms with Gasteiger partial charge < -0.3 is 15.4 Å². The monoisotopic (exact) mass is 493 g/mol. The fourth-order valence-electron chi connectivity index (χ4n) is 3.56. The Hall–Kier alpha value is -2.46. The number of benzene rings is 2. The van der Waals surface area contributed by atoms with E-state index >= 15 is 0 Å². The third-order valence-corrected chi connectivity index (χ3v) is 7.21. The van der Waals surface area contributed by atoms with E-state index in [4.69, 9.17) is 16.3 Å². The van der Waals surface area contributed by atoms with Crippen molar-refractivity contribution in [1.29, 1.82) is 0 Å². The number of morpholine rings is 1. The van der Waals surface area contributed by atoms with E-state index < -0.39 is 15.9 Å². The van der Waals surface area contributed by atoms with Gasteiger partial charge in [-0.3, -0.25) is 9.59 Å². The number of rotatable bonds is 6. The number of hydrogen-bond acceptors (Lipinski definition) is 5. The first-order valence-corrected chi connectivity index (χ1v) is 12.5. The second kappa shape index (κ2) is 10.2. The molecule has 2 atom stereocenters. The van der Waals surface area contributed by atoms with Crippen LogP contribution in [0.1, 0.15) is 48.4 Å². The van der Waals surface area contributed by atoms with Crippen LogP contribution in [0.25, 0.3) is 0 Å². The number of ether oxygens (including phenoxy) is 1. The maximum absolute atomic E-state index is 13.0. The zero-order valence-corrected chi connectivity index (χ0v) is 20.5. The van der Waals surface area contributed by atoms with Crippen molar-refractivity contribution in [2.24, 2.45) is 0 Å². The number of hydrogen-bond donors (Lipinski definition) is 2. The van der Waals surface area contributed by atoms with Crippen LogP contribution in [0.15, 0.2) is 47.4 Å². The van der Waals surface area contributed by atoms with E-state index in [1.807, 2.05) is 27.7 Å². The average molecular weight is 494 g/mol. The maximum Gasteiger partial charge on any atom is 0.255 e. The maximum atomic E-state index is 13.0. The second-order valence-corrected chi connectivity index (χ2v) is 10.7. The molecule has 33 heavy (non-hydrogen) atoms. The van der Waals surface area contributed by atoms with Crippen LogP contribution in [0.3, 0.4) is 0 Å². The summed E-state index contributed by atoms with van der Waals surface area (Å²) in [4.78, 5) is 25.1. The Morgan fingerprint density at radius 2 is 1.58 bits per heavy atom. The number of sulfonamides is 1. The molecule has 0 aromatic heterocycles. The summed E-state index contributed by atoms with van der Waals surface area (Å²) in [5.41, 5.74) is 0.899. The Bertz CT molecular complexity index is 1130. The van der Waals surface area contributed by atoms with Gasteiger partial charge in [-0.05, 0) is 70.2 Å². The lowest BCUT2D eigenvalue weighted by Crippen LogP contribution is -2.48. The van der Waals surface area contributed by atoms with Gasteiger partial charge in [0.25, 0.3) is 11.8 Å². The van der Waals surface area contributed by atoms with Gasteiger partial charge >= 0.3 is 0 Å². The highest BCUT2D eigenvalue weighted by Gasteiger charge is 2.32. The Morgan fingerprint density at radius 1 is 1.00 bits per heavy atom. The summed E-state index contributed by atoms with van der Waals surface area (Å²) in [5.74, 6) is -0.755. The standard InChI is InChI=1S/C23H28ClN3O5S/c1-14(2)25-23(29)18-7-10-20(24)21(11-18)26-22(28)17-5-8-19(9-6-17)33(30,31)27-12-15(3)32-16(4)13-27/h5-11,14-16H,12-13H2,1-4H3,(H,25,29)(H,26,28). The molecule has 0 bridgehead atoms. The van der Waals surface area contributed by atoms with Crippen molar-refractivity contribution in [2.75, 3.05) is 18.4 Å². The van der Waals surface area contributed by atoms with E-state index in [1.54, 1.807) is 6.07 Å². The van der Waals surface area contributed by atoms with Crippen LogP contribution in [0.4, 0.5) is 5.69 Å². The van der Waals surface area contributed by atoms with Crippen LogP contribution in [0.5, 0.6) is 0 Å². The first-order chi connectivity index (χ1) is 15.5. The number of amides is 2. The van der Waals surface area contributed by atoms with Gasteiger partial charge in [0.1, 0.15) is 0 Å². The molecule has 2 unspecified atom stereocenters. The van der Waals surface area contributed by atoms with Crippen molar-refractivity contribution in [3.63, 3.8) is 0 Å². The van der Waals surface area contributed by atoms with Gasteiger partial charge in [-0.15, -0.1) is 0 Å². The van der Waals surface area contributed by atoms with Gasteiger partial charge in [0.15, 0.2) is 0 Å². The predicted molar refractivity (Wildman–Crippen MR) is 127 cm³/mol. The molecule has 1 aliphatic rings. The lowest BCUT2D eigenvalue weighted by Gasteiger charge is -2.34. The summed E-state index contributed by atoms with van der Waals surface area (Å²) in [5, 5.41) is 5.74. The average Bonchev–Trinajstić information content (AvgIpc) is 2.74. The minimum absolute atomic E-state index is 0.0371. The minimum atomic E-state index is -3.71. The summed E-state index contributed by atoms with van der Waals surface area (Å²) in [7, 11) is -3.71. The molecule has 2 aromatic carbocycles. The quantitative estimate of drug-likeness (QED) is 0.640. The summed E-state index contributed by atoms with van der Waals surface area (Å²) in [6.07, 6.45) is -0.395. The number of carbonyl (C=O) groups is 2. The molecule has 1 heterocycles. The summed E-state index contributed by atoms with van der Waals surface area (Å²) >= 11 is 6.19. The molecule has 0 spiro atoms. The van der Waals surface area contributed by atoms with Gasteiger partial charge in [-0.2, -0.15) is 4.31 Å². The van der Waals surface area contributed by atoms with Crippen LogP contribution in [0, 0.1) is 0 Å². The van der Waals surface area contributed by atoms with E-state index in [1.165, 1.54) is 40.7 Å². The molecule has 3 rings (SSSR count). The minimum Gasteiger partial charge on any atom is -0.373 e. The molecule has 2 amide bonds. The first-order valence-electron chi connectivity index (χ1n) is 10.6. The highest BCUT2D eigenvalue weighted by molar-refractivity contribution is 7.89. The molecule has 10 heteroatoms. The summed E-state index contributed by atoms with van der Waals surface area (Å²) in [6.45, 7) is 7.90. The van der Waals surface area contributed by atoms with Crippen LogP contribution in [0.2, 0.25) is 5.02 Å². The third-order valence-electron chi connectivity index (χ3n) is 5.04. The fourth-order valence-corrected chi connectivity index (χ4v) is 5.31. The number of halogens is 1. The zero-order valence-electron chi connectivity index (χ0n) is 19.0. The highest BCUT2D eigenvalue weighted by atomic mass is 35.5. The van der Waals surface area contributed by atoms with Crippen LogP contribution < -0.4 is 10.6 Å². The first kappa shape index (κ1) is 25.2. The lowest BCUT2D eigenvalue weighted by atomic mass is 10.1. The van der Waals surface area contributed by atoms with Crippen molar-refractivity contribution in [2.45, 2.75) is 50.8 Å². The number of carbonyl (C=O) groups excluding carboxylic acids is 2. The number of nitrogens with zero attached hydrogens (tertiary/aromatic N) is 1. The SMILES string of the molecule is CC(C)NC(=O)c1ccc(Cl)c(NC(=O)c2ccc(S(=O)(=O)N3CC(C)OC(C)C3)cc2)c1. The molecule has 178 valence electrons. The number of nitrogens with one attached hydrogen (secondary N) is 2. The molecule has 0 aliphatic carbocycles. The summed E-state index contributed by atoms with van der Waals surface area (Å²) < 4.78 is 33.0. The normalized spacial score (nSPS) is 19.3. The van der Waals surface area contributed by atoms with Crippen molar-refractivity contribution >= 4 is 39.1 Å². The van der Waals surface area contributed by atoms with Gasteiger partial charge in [-0.25, -0.2) is 8.42 Å². The second-order valence-electron chi connectivity index (χ2n) is 8.38. The predicted octanol–water partition coefficient (Wildman–Crippen LogP) is 3.53.